The topological polar surface area (TPSA) is 65.9 Å². The monoisotopic (exact) mass is 379 g/mol. The van der Waals surface area contributed by atoms with Crippen molar-refractivity contribution in [3.05, 3.63) is 30.1 Å². The van der Waals surface area contributed by atoms with E-state index < -0.39 is 0 Å². The van der Waals surface area contributed by atoms with Crippen LogP contribution in [0.1, 0.15) is 40.0 Å². The zero-order valence-electron chi connectivity index (χ0n) is 16.6. The number of quaternary nitrogens is 1. The fourth-order valence-corrected chi connectivity index (χ4v) is 3.48. The van der Waals surface area contributed by atoms with Crippen molar-refractivity contribution in [1.29, 1.82) is 0 Å². The normalized spacial score (nSPS) is 18.0. The van der Waals surface area contributed by atoms with Gasteiger partial charge < -0.3 is 20.4 Å². The maximum absolute atomic E-state index is 13.4. The number of rotatable bonds is 9. The summed E-state index contributed by atoms with van der Waals surface area (Å²) in [7, 11) is 0. The quantitative estimate of drug-likeness (QED) is 0.606. The molecule has 7 heteroatoms. The third kappa shape index (κ3) is 6.50. The molecule has 2 atom stereocenters. The Labute approximate surface area is 161 Å². The minimum Gasteiger partial charge on any atom is -0.336 e. The summed E-state index contributed by atoms with van der Waals surface area (Å²) in [5.74, 6) is -0.490. The van der Waals surface area contributed by atoms with Crippen LogP contribution >= 0.6 is 0 Å². The first kappa shape index (κ1) is 21.2. The molecule has 2 rings (SSSR count). The molecule has 1 fully saturated rings. The van der Waals surface area contributed by atoms with E-state index in [0.717, 1.165) is 32.5 Å². The van der Waals surface area contributed by atoms with Crippen LogP contribution in [0.3, 0.4) is 0 Å². The van der Waals surface area contributed by atoms with E-state index in [4.69, 9.17) is 0 Å². The lowest BCUT2D eigenvalue weighted by Gasteiger charge is -2.20. The fraction of sp³-hybridized carbons (Fsp3) is 0.600. The highest BCUT2D eigenvalue weighted by Crippen LogP contribution is 2.22. The van der Waals surface area contributed by atoms with Gasteiger partial charge in [-0.05, 0) is 51.8 Å². The van der Waals surface area contributed by atoms with Crippen LogP contribution in [0.25, 0.3) is 0 Å². The van der Waals surface area contributed by atoms with Crippen molar-refractivity contribution >= 4 is 17.6 Å². The highest BCUT2D eigenvalue weighted by molar-refractivity contribution is 5.96. The van der Waals surface area contributed by atoms with E-state index in [1.165, 1.54) is 17.0 Å². The van der Waals surface area contributed by atoms with Crippen LogP contribution < -0.4 is 20.4 Å². The Morgan fingerprint density at radius 2 is 2.11 bits per heavy atom. The third-order valence-corrected chi connectivity index (χ3v) is 5.13. The van der Waals surface area contributed by atoms with E-state index in [0.29, 0.717) is 12.2 Å². The first-order chi connectivity index (χ1) is 12.9. The minimum absolute atomic E-state index is 0.0800. The number of benzene rings is 1. The number of hydrogen-bond donors (Lipinski definition) is 3. The summed E-state index contributed by atoms with van der Waals surface area (Å²) in [6.07, 6.45) is 2.22. The van der Waals surface area contributed by atoms with Gasteiger partial charge in [-0.25, -0.2) is 9.18 Å². The first-order valence-corrected chi connectivity index (χ1v) is 9.89. The Hall–Kier alpha value is -2.15. The second-order valence-electron chi connectivity index (χ2n) is 7.25. The van der Waals surface area contributed by atoms with Gasteiger partial charge >= 0.3 is 6.03 Å². The van der Waals surface area contributed by atoms with Crippen LogP contribution in [0.4, 0.5) is 14.9 Å². The predicted octanol–water partition coefficient (Wildman–Crippen LogP) is 1.32. The van der Waals surface area contributed by atoms with Gasteiger partial charge in [0.1, 0.15) is 5.82 Å². The zero-order valence-corrected chi connectivity index (χ0v) is 16.6. The van der Waals surface area contributed by atoms with Crippen molar-refractivity contribution in [2.75, 3.05) is 31.1 Å². The smallest absolute Gasteiger partial charge is 0.315 e. The summed E-state index contributed by atoms with van der Waals surface area (Å²) in [4.78, 5) is 27.5. The lowest BCUT2D eigenvalue weighted by Crippen LogP contribution is -3.11. The maximum atomic E-state index is 13.4. The predicted molar refractivity (Wildman–Crippen MR) is 104 cm³/mol. The molecule has 1 heterocycles. The van der Waals surface area contributed by atoms with Crippen LogP contribution in [-0.2, 0) is 4.79 Å². The lowest BCUT2D eigenvalue weighted by molar-refractivity contribution is -0.896. The van der Waals surface area contributed by atoms with Crippen LogP contribution in [0.5, 0.6) is 0 Å². The van der Waals surface area contributed by atoms with Gasteiger partial charge in [0.25, 0.3) is 0 Å². The fourth-order valence-electron chi connectivity index (χ4n) is 3.48. The minimum atomic E-state index is -0.380. The van der Waals surface area contributed by atoms with E-state index in [-0.39, 0.29) is 36.3 Å². The zero-order chi connectivity index (χ0) is 19.8. The van der Waals surface area contributed by atoms with Gasteiger partial charge in [0, 0.05) is 24.7 Å². The molecule has 3 amide bonds. The Balaban J connectivity index is 1.75. The molecule has 0 unspecified atom stereocenters. The van der Waals surface area contributed by atoms with Gasteiger partial charge in [-0.2, -0.15) is 0 Å². The van der Waals surface area contributed by atoms with Crippen molar-refractivity contribution in [2.24, 2.45) is 0 Å². The molecule has 1 aliphatic heterocycles. The van der Waals surface area contributed by atoms with Crippen LogP contribution in [0.15, 0.2) is 24.3 Å². The molecule has 0 saturated carbocycles. The summed E-state index contributed by atoms with van der Waals surface area (Å²) in [6.45, 7) is 10.1. The highest BCUT2D eigenvalue weighted by atomic mass is 19.1. The number of nitrogens with zero attached hydrogens (tertiary/aromatic N) is 1. The Bertz CT molecular complexity index is 636. The highest BCUT2D eigenvalue weighted by Gasteiger charge is 2.31. The molecule has 1 aromatic rings. The number of amides is 3. The summed E-state index contributed by atoms with van der Waals surface area (Å²) in [5, 5.41) is 5.81. The molecular formula is C20H32FN4O2+. The van der Waals surface area contributed by atoms with E-state index in [2.05, 4.69) is 24.5 Å². The molecule has 0 spiro atoms. The van der Waals surface area contributed by atoms with Gasteiger partial charge in [0.15, 0.2) is 0 Å². The average Bonchev–Trinajstić information content (AvgIpc) is 2.98. The van der Waals surface area contributed by atoms with Crippen molar-refractivity contribution < 1.29 is 18.9 Å². The van der Waals surface area contributed by atoms with Crippen molar-refractivity contribution in [1.82, 2.24) is 10.6 Å². The van der Waals surface area contributed by atoms with Gasteiger partial charge in [-0.15, -0.1) is 0 Å². The maximum Gasteiger partial charge on any atom is 0.315 e. The van der Waals surface area contributed by atoms with Gasteiger partial charge in [-0.3, -0.25) is 4.79 Å². The number of nitrogens with one attached hydrogen (secondary N) is 3. The second kappa shape index (κ2) is 10.3. The van der Waals surface area contributed by atoms with Crippen LogP contribution in [0.2, 0.25) is 0 Å². The van der Waals surface area contributed by atoms with E-state index in [9.17, 15) is 14.0 Å². The largest absolute Gasteiger partial charge is 0.336 e. The van der Waals surface area contributed by atoms with Crippen LogP contribution in [0, 0.1) is 5.82 Å². The first-order valence-electron chi connectivity index (χ1n) is 9.89. The Morgan fingerprint density at radius 3 is 2.78 bits per heavy atom. The summed E-state index contributed by atoms with van der Waals surface area (Å²) >= 11 is 0. The molecule has 150 valence electrons. The number of anilines is 1. The molecular weight excluding hydrogens is 347 g/mol. The number of carbonyl (C=O) groups excluding carboxylic acids is 2. The van der Waals surface area contributed by atoms with E-state index in [1.807, 2.05) is 6.92 Å². The summed E-state index contributed by atoms with van der Waals surface area (Å²) < 4.78 is 13.4. The Kier molecular flexibility index (Phi) is 8.03. The number of halogens is 1. The summed E-state index contributed by atoms with van der Waals surface area (Å²) in [5.41, 5.74) is 0.525. The molecule has 0 radical (unpaired) electrons. The molecule has 0 aliphatic carbocycles. The summed E-state index contributed by atoms with van der Waals surface area (Å²) in [6, 6.07) is 5.51. The van der Waals surface area contributed by atoms with Crippen molar-refractivity contribution in [2.45, 2.75) is 52.1 Å². The molecule has 1 aromatic carbocycles. The van der Waals surface area contributed by atoms with Crippen LogP contribution in [-0.4, -0.2) is 50.2 Å². The molecule has 6 nitrogen and oxygen atoms in total. The molecule has 0 bridgehead atoms. The Morgan fingerprint density at radius 1 is 1.37 bits per heavy atom. The molecule has 27 heavy (non-hydrogen) atoms. The standard InChI is InChI=1S/C20H31FN4O2/c1-4-24(5-2)11-7-8-15(3)22-20(27)23-17-13-19(26)25(14-17)18-10-6-9-16(21)12-18/h6,9-10,12,15,17H,4-5,7-8,11,13-14H2,1-3H3,(H2,22,23,27)/p+1/t15-,17-/m1/s1. The number of urea groups is 1. The van der Waals surface area contributed by atoms with Crippen molar-refractivity contribution in [3.8, 4) is 0 Å². The average molecular weight is 380 g/mol. The molecule has 0 aromatic heterocycles. The number of carbonyl (C=O) groups is 2. The van der Waals surface area contributed by atoms with Crippen molar-refractivity contribution in [3.63, 3.8) is 0 Å². The lowest BCUT2D eigenvalue weighted by atomic mass is 10.2. The third-order valence-electron chi connectivity index (χ3n) is 5.13. The molecule has 1 aliphatic rings. The molecule has 1 saturated heterocycles. The SMILES string of the molecule is CC[NH+](CC)CCC[C@@H](C)NC(=O)N[C@@H]1CC(=O)N(c2cccc(F)c2)C1. The van der Waals surface area contributed by atoms with Gasteiger partial charge in [0.2, 0.25) is 5.91 Å². The second-order valence-corrected chi connectivity index (χ2v) is 7.25. The number of hydrogen-bond acceptors (Lipinski definition) is 2. The van der Waals surface area contributed by atoms with E-state index >= 15 is 0 Å². The van der Waals surface area contributed by atoms with Gasteiger partial charge in [0.05, 0.1) is 25.7 Å². The van der Waals surface area contributed by atoms with E-state index in [1.54, 1.807) is 17.0 Å². The van der Waals surface area contributed by atoms with Gasteiger partial charge in [-0.1, -0.05) is 6.07 Å². The molecule has 3 N–H and O–H groups in total.